The van der Waals surface area contributed by atoms with E-state index in [1.165, 1.54) is 13.2 Å². The predicted octanol–water partition coefficient (Wildman–Crippen LogP) is 2.44. The maximum absolute atomic E-state index is 12.7. The van der Waals surface area contributed by atoms with Crippen LogP contribution in [0, 0.1) is 5.82 Å². The van der Waals surface area contributed by atoms with Crippen molar-refractivity contribution in [3.63, 3.8) is 0 Å². The Morgan fingerprint density at radius 1 is 1.55 bits per heavy atom. The van der Waals surface area contributed by atoms with E-state index in [0.29, 0.717) is 4.47 Å². The van der Waals surface area contributed by atoms with Crippen molar-refractivity contribution in [2.75, 3.05) is 7.11 Å². The third-order valence-corrected chi connectivity index (χ3v) is 1.61. The second-order valence-corrected chi connectivity index (χ2v) is 2.69. The van der Waals surface area contributed by atoms with E-state index in [-0.39, 0.29) is 37.5 Å². The van der Waals surface area contributed by atoms with Gasteiger partial charge in [-0.25, -0.2) is 4.39 Å². The average Bonchev–Trinajstić information content (AvgIpc) is 1.88. The van der Waals surface area contributed by atoms with Gasteiger partial charge < -0.3 is 7.59 Å². The number of halogens is 2. The molecule has 0 aliphatic carbocycles. The summed E-state index contributed by atoms with van der Waals surface area (Å²) in [6, 6.07) is 4.65. The van der Waals surface area contributed by atoms with E-state index in [4.69, 9.17) is 4.74 Å². The van der Waals surface area contributed by atoms with E-state index in [0.717, 1.165) is 0 Å². The first-order valence-electron chi connectivity index (χ1n) is 2.73. The Kier molecular flexibility index (Phi) is 5.04. The molecule has 58 valence electrons. The molecule has 0 saturated carbocycles. The summed E-state index contributed by atoms with van der Waals surface area (Å²) < 4.78 is 18.1. The van der Waals surface area contributed by atoms with Crippen molar-refractivity contribution in [3.05, 3.63) is 28.5 Å². The summed E-state index contributed by atoms with van der Waals surface area (Å²) >= 11 is 3.13. The first-order valence-corrected chi connectivity index (χ1v) is 3.52. The van der Waals surface area contributed by atoms with E-state index < -0.39 is 0 Å². The fourth-order valence-corrected chi connectivity index (χ4v) is 0.974. The van der Waals surface area contributed by atoms with E-state index in [1.807, 2.05) is 0 Å². The van der Waals surface area contributed by atoms with Crippen molar-refractivity contribution in [1.29, 1.82) is 0 Å². The van der Waals surface area contributed by atoms with Gasteiger partial charge in [0.05, 0.1) is 7.11 Å². The number of hydrogen-bond acceptors (Lipinski definition) is 1. The third kappa shape index (κ3) is 2.97. The predicted molar refractivity (Wildman–Crippen MR) is 48.6 cm³/mol. The van der Waals surface area contributed by atoms with Gasteiger partial charge in [-0.05, 0) is 18.2 Å². The molecular formula is C7H8BrFMgO. The van der Waals surface area contributed by atoms with Crippen LogP contribution >= 0.6 is 15.9 Å². The monoisotopic (exact) mass is 230 g/mol. The van der Waals surface area contributed by atoms with Gasteiger partial charge in [-0.3, -0.25) is 0 Å². The van der Waals surface area contributed by atoms with Crippen LogP contribution in [0.15, 0.2) is 22.7 Å². The summed E-state index contributed by atoms with van der Waals surface area (Å²) in [6.45, 7) is 0. The zero-order chi connectivity index (χ0) is 7.56. The standard InChI is InChI=1S/C7H6BrFO.Mg.2H/c1-10-7-3-2-5(8)4-6(7)9;;;/h2-4H,1H3;;;/q;+2;2*-1. The maximum Gasteiger partial charge on any atom is 2.00 e. The minimum absolute atomic E-state index is 0. The van der Waals surface area contributed by atoms with Gasteiger partial charge in [0.15, 0.2) is 11.6 Å². The molecule has 0 saturated heterocycles. The van der Waals surface area contributed by atoms with Crippen molar-refractivity contribution >= 4 is 39.0 Å². The van der Waals surface area contributed by atoms with Crippen molar-refractivity contribution in [2.24, 2.45) is 0 Å². The van der Waals surface area contributed by atoms with E-state index in [1.54, 1.807) is 12.1 Å². The molecule has 0 radical (unpaired) electrons. The molecule has 1 aromatic carbocycles. The van der Waals surface area contributed by atoms with Crippen LogP contribution < -0.4 is 4.74 Å². The first-order chi connectivity index (χ1) is 4.74. The number of ether oxygens (including phenoxy) is 1. The second kappa shape index (κ2) is 4.95. The molecule has 0 aromatic heterocycles. The largest absolute Gasteiger partial charge is 2.00 e. The van der Waals surface area contributed by atoms with Gasteiger partial charge in [-0.2, -0.15) is 0 Å². The zero-order valence-electron chi connectivity index (χ0n) is 8.10. The number of rotatable bonds is 1. The number of methoxy groups -OCH3 is 1. The summed E-state index contributed by atoms with van der Waals surface area (Å²) in [5, 5.41) is 0. The minimum atomic E-state index is -0.350. The Hall–Kier alpha value is 0.196. The summed E-state index contributed by atoms with van der Waals surface area (Å²) in [6.07, 6.45) is 0. The molecule has 4 heteroatoms. The van der Waals surface area contributed by atoms with E-state index in [9.17, 15) is 4.39 Å². The normalized spacial score (nSPS) is 8.64. The molecule has 11 heavy (non-hydrogen) atoms. The van der Waals surface area contributed by atoms with Gasteiger partial charge in [0.25, 0.3) is 0 Å². The van der Waals surface area contributed by atoms with Crippen LogP contribution in [0.2, 0.25) is 0 Å². The Balaban J connectivity index is -0.000000333. The second-order valence-electron chi connectivity index (χ2n) is 1.78. The van der Waals surface area contributed by atoms with Crippen LogP contribution in [0.1, 0.15) is 2.85 Å². The van der Waals surface area contributed by atoms with E-state index >= 15 is 0 Å². The summed E-state index contributed by atoms with van der Waals surface area (Å²) in [4.78, 5) is 0. The quantitative estimate of drug-likeness (QED) is 0.675. The molecule has 0 aliphatic rings. The first kappa shape index (κ1) is 11.2. The molecule has 0 atom stereocenters. The van der Waals surface area contributed by atoms with Crippen molar-refractivity contribution in [3.8, 4) is 5.75 Å². The zero-order valence-corrected chi connectivity index (χ0v) is 9.10. The van der Waals surface area contributed by atoms with Gasteiger partial charge in [0, 0.05) is 4.47 Å². The molecule has 0 heterocycles. The van der Waals surface area contributed by atoms with Gasteiger partial charge in [0.1, 0.15) is 0 Å². The van der Waals surface area contributed by atoms with Crippen LogP contribution in [0.4, 0.5) is 4.39 Å². The van der Waals surface area contributed by atoms with Gasteiger partial charge in [-0.1, -0.05) is 15.9 Å². The number of benzene rings is 1. The molecule has 1 aromatic rings. The van der Waals surface area contributed by atoms with Crippen molar-refractivity contribution < 1.29 is 12.0 Å². The minimum Gasteiger partial charge on any atom is -1.00 e. The molecule has 0 bridgehead atoms. The van der Waals surface area contributed by atoms with Crippen LogP contribution in [0.3, 0.4) is 0 Å². The van der Waals surface area contributed by atoms with Crippen molar-refractivity contribution in [1.82, 2.24) is 0 Å². The molecular weight excluding hydrogens is 223 g/mol. The van der Waals surface area contributed by atoms with Crippen LogP contribution in [-0.2, 0) is 0 Å². The fourth-order valence-electron chi connectivity index (χ4n) is 0.641. The Morgan fingerprint density at radius 3 is 2.64 bits per heavy atom. The van der Waals surface area contributed by atoms with Crippen molar-refractivity contribution in [2.45, 2.75) is 0 Å². The van der Waals surface area contributed by atoms with E-state index in [2.05, 4.69) is 15.9 Å². The molecule has 1 rings (SSSR count). The molecule has 1 nitrogen and oxygen atoms in total. The average molecular weight is 231 g/mol. The summed E-state index contributed by atoms with van der Waals surface area (Å²) in [5.74, 6) is -0.0833. The molecule has 0 spiro atoms. The van der Waals surface area contributed by atoms with Crippen LogP contribution in [0.25, 0.3) is 0 Å². The van der Waals surface area contributed by atoms with Crippen LogP contribution in [-0.4, -0.2) is 30.2 Å². The third-order valence-electron chi connectivity index (χ3n) is 1.11. The molecule has 0 N–H and O–H groups in total. The number of hydrogen-bond donors (Lipinski definition) is 0. The molecule has 0 amide bonds. The maximum atomic E-state index is 12.7. The Morgan fingerprint density at radius 2 is 2.18 bits per heavy atom. The molecule has 0 fully saturated rings. The van der Waals surface area contributed by atoms with Gasteiger partial charge >= 0.3 is 23.1 Å². The van der Waals surface area contributed by atoms with Crippen LogP contribution in [0.5, 0.6) is 5.75 Å². The fraction of sp³-hybridized carbons (Fsp3) is 0.143. The summed E-state index contributed by atoms with van der Waals surface area (Å²) in [5.41, 5.74) is 0. The Labute approximate surface area is 92.2 Å². The SMILES string of the molecule is COc1ccc(Br)cc1F.[H-].[H-].[Mg+2]. The smallest absolute Gasteiger partial charge is 1.00 e. The topological polar surface area (TPSA) is 9.23 Å². The molecule has 0 unspecified atom stereocenters. The van der Waals surface area contributed by atoms with Gasteiger partial charge in [-0.15, -0.1) is 0 Å². The summed E-state index contributed by atoms with van der Waals surface area (Å²) in [7, 11) is 1.44. The molecule has 0 aliphatic heterocycles. The Bertz CT molecular complexity index is 250. The van der Waals surface area contributed by atoms with Gasteiger partial charge in [0.2, 0.25) is 0 Å².